The molecule has 2 aromatic rings. The summed E-state index contributed by atoms with van der Waals surface area (Å²) in [5, 5.41) is 0. The molecule has 0 heterocycles. The molecule has 0 saturated carbocycles. The van der Waals surface area contributed by atoms with E-state index in [0.717, 1.165) is 12.8 Å². The minimum atomic E-state index is 0.0541. The summed E-state index contributed by atoms with van der Waals surface area (Å²) in [6.45, 7) is 43.5. The molecule has 0 unspecified atom stereocenters. The molecule has 0 radical (unpaired) electrons. The average molecular weight is 533 g/mol. The predicted octanol–water partition coefficient (Wildman–Crippen LogP) is 11.6. The number of aryl methyl sites for hydroxylation is 1. The molecular weight excluding hydrogens is 468 g/mol. The second kappa shape index (κ2) is 10.7. The van der Waals surface area contributed by atoms with E-state index in [4.69, 9.17) is 0 Å². The third kappa shape index (κ3) is 7.80. The molecule has 0 atom stereocenters. The number of hydrogen-bond acceptors (Lipinski definition) is 0. The van der Waals surface area contributed by atoms with Gasteiger partial charge in [0.1, 0.15) is 0 Å². The minimum absolute atomic E-state index is 0.0541. The van der Waals surface area contributed by atoms with Crippen molar-refractivity contribution in [2.45, 2.75) is 176 Å². The Morgan fingerprint density at radius 2 is 0.667 bits per heavy atom. The van der Waals surface area contributed by atoms with Gasteiger partial charge in [-0.05, 0) is 96.3 Å². The van der Waals surface area contributed by atoms with Crippen LogP contribution in [-0.4, -0.2) is 0 Å². The smallest absolute Gasteiger partial charge is 0.0126 e. The second-order valence-corrected chi connectivity index (χ2v) is 18.4. The number of rotatable bonds is 4. The lowest BCUT2D eigenvalue weighted by Crippen LogP contribution is -2.37. The molecule has 0 aliphatic rings. The van der Waals surface area contributed by atoms with Crippen molar-refractivity contribution in [1.29, 1.82) is 0 Å². The molecule has 39 heavy (non-hydrogen) atoms. The maximum atomic E-state index is 2.45. The van der Waals surface area contributed by atoms with Gasteiger partial charge in [-0.1, -0.05) is 149 Å². The molecule has 220 valence electrons. The summed E-state index contributed by atoms with van der Waals surface area (Å²) in [7, 11) is 0. The highest BCUT2D eigenvalue weighted by atomic mass is 14.5. The van der Waals surface area contributed by atoms with Gasteiger partial charge in [0.15, 0.2) is 0 Å². The van der Waals surface area contributed by atoms with Crippen LogP contribution in [0, 0.1) is 0 Å². The van der Waals surface area contributed by atoms with Crippen molar-refractivity contribution in [2.24, 2.45) is 0 Å². The third-order valence-corrected chi connectivity index (χ3v) is 8.07. The van der Waals surface area contributed by atoms with Gasteiger partial charge in [0.25, 0.3) is 0 Å². The Hall–Kier alpha value is -1.56. The lowest BCUT2D eigenvalue weighted by atomic mass is 9.58. The summed E-state index contributed by atoms with van der Waals surface area (Å²) in [5.74, 6) is 0. The van der Waals surface area contributed by atoms with Gasteiger partial charge in [-0.3, -0.25) is 0 Å². The van der Waals surface area contributed by atoms with Crippen LogP contribution < -0.4 is 0 Å². The highest BCUT2D eigenvalue weighted by Crippen LogP contribution is 2.51. The lowest BCUT2D eigenvalue weighted by molar-refractivity contribution is 0.453. The second-order valence-electron chi connectivity index (χ2n) is 18.4. The molecule has 0 spiro atoms. The molecule has 0 nitrogen and oxygen atoms in total. The van der Waals surface area contributed by atoms with E-state index in [2.05, 4.69) is 149 Å². The highest BCUT2D eigenvalue weighted by molar-refractivity contribution is 5.62. The molecule has 0 heteroatoms. The summed E-state index contributed by atoms with van der Waals surface area (Å²) >= 11 is 0. The van der Waals surface area contributed by atoms with E-state index in [1.165, 1.54) is 17.5 Å². The molecule has 0 N–H and O–H groups in total. The molecule has 0 amide bonds. The molecular formula is C39H64. The first kappa shape index (κ1) is 33.6. The minimum Gasteiger partial charge on any atom is -0.0588 e. The van der Waals surface area contributed by atoms with Crippen molar-refractivity contribution in [2.75, 3.05) is 0 Å². The van der Waals surface area contributed by atoms with Gasteiger partial charge < -0.3 is 0 Å². The number of benzene rings is 2. The van der Waals surface area contributed by atoms with E-state index in [9.17, 15) is 0 Å². The first-order valence-corrected chi connectivity index (χ1v) is 15.5. The Morgan fingerprint density at radius 3 is 0.949 bits per heavy atom. The zero-order valence-corrected chi connectivity index (χ0v) is 29.4. The highest BCUT2D eigenvalue weighted by Gasteiger charge is 2.42. The van der Waals surface area contributed by atoms with Gasteiger partial charge >= 0.3 is 0 Å². The van der Waals surface area contributed by atoms with Crippen molar-refractivity contribution in [3.05, 3.63) is 68.8 Å². The Labute approximate surface area is 244 Å². The first-order valence-electron chi connectivity index (χ1n) is 15.5. The summed E-state index contributed by atoms with van der Waals surface area (Å²) in [6.07, 6.45) is 3.41. The van der Waals surface area contributed by atoms with Crippen LogP contribution in [0.5, 0.6) is 0 Å². The van der Waals surface area contributed by atoms with Gasteiger partial charge in [0.05, 0.1) is 0 Å². The van der Waals surface area contributed by atoms with Gasteiger partial charge in [-0.15, -0.1) is 0 Å². The van der Waals surface area contributed by atoms with Crippen LogP contribution in [0.25, 0.3) is 0 Å². The van der Waals surface area contributed by atoms with Crippen LogP contribution >= 0.6 is 0 Å². The molecule has 2 aromatic carbocycles. The zero-order valence-electron chi connectivity index (χ0n) is 29.4. The van der Waals surface area contributed by atoms with E-state index in [1.807, 2.05) is 0 Å². The molecule has 0 aliphatic carbocycles. The van der Waals surface area contributed by atoms with Gasteiger partial charge in [-0.2, -0.15) is 0 Å². The van der Waals surface area contributed by atoms with Crippen LogP contribution in [0.4, 0.5) is 0 Å². The van der Waals surface area contributed by atoms with Crippen LogP contribution in [0.2, 0.25) is 0 Å². The normalized spacial score (nSPS) is 14.2. The van der Waals surface area contributed by atoms with Crippen molar-refractivity contribution in [3.63, 3.8) is 0 Å². The van der Waals surface area contributed by atoms with Gasteiger partial charge in [0.2, 0.25) is 0 Å². The zero-order chi connectivity index (χ0) is 30.6. The molecule has 0 bridgehead atoms. The van der Waals surface area contributed by atoms with Crippen molar-refractivity contribution in [3.8, 4) is 0 Å². The maximum absolute atomic E-state index is 2.45. The van der Waals surface area contributed by atoms with Crippen LogP contribution in [0.1, 0.15) is 176 Å². The van der Waals surface area contributed by atoms with Crippen molar-refractivity contribution < 1.29 is 0 Å². The predicted molar refractivity (Wildman–Crippen MR) is 177 cm³/mol. The summed E-state index contributed by atoms with van der Waals surface area (Å²) in [6, 6.07) is 9.40. The summed E-state index contributed by atoms with van der Waals surface area (Å²) in [4.78, 5) is 0. The Balaban J connectivity index is 2.92. The number of hydrogen-bond donors (Lipinski definition) is 0. The first-order chi connectivity index (χ1) is 17.2. The standard InChI is InChI=1S/C39H64/c1-34(2,3)27-24-22-26(23-25-27)20-19-21-28-29(35(4,5)6)31(37(10,11)12)33(39(16,17)18)32(38(13,14)15)30(28)36(7,8)9/h22-25H,19-21H2,1-18H3. The Morgan fingerprint density at radius 1 is 0.359 bits per heavy atom. The SMILES string of the molecule is CC(C)(C)c1ccc(CCCc2c(C(C)(C)C)c(C(C)(C)C)c(C(C)(C)C)c(C(C)(C)C)c2C(C)(C)C)cc1. The fourth-order valence-corrected chi connectivity index (χ4v) is 6.60. The van der Waals surface area contributed by atoms with Crippen molar-refractivity contribution >= 4 is 0 Å². The van der Waals surface area contributed by atoms with Gasteiger partial charge in [0, 0.05) is 0 Å². The van der Waals surface area contributed by atoms with Crippen molar-refractivity contribution in [1.82, 2.24) is 0 Å². The average Bonchev–Trinajstić information content (AvgIpc) is 2.68. The Kier molecular flexibility index (Phi) is 9.22. The van der Waals surface area contributed by atoms with Crippen LogP contribution in [-0.2, 0) is 45.3 Å². The summed E-state index contributed by atoms with van der Waals surface area (Å²) in [5.41, 5.74) is 13.0. The molecule has 2 rings (SSSR count). The van der Waals surface area contributed by atoms with E-state index in [1.54, 1.807) is 33.4 Å². The largest absolute Gasteiger partial charge is 0.0588 e. The molecule has 0 fully saturated rings. The molecule has 0 saturated heterocycles. The molecule has 0 aliphatic heterocycles. The molecule has 0 aromatic heterocycles. The van der Waals surface area contributed by atoms with Crippen LogP contribution in [0.15, 0.2) is 24.3 Å². The third-order valence-electron chi connectivity index (χ3n) is 8.07. The quantitative estimate of drug-likeness (QED) is 0.367. The topological polar surface area (TPSA) is 0 Å². The lowest BCUT2D eigenvalue weighted by Gasteiger charge is -2.46. The van der Waals surface area contributed by atoms with E-state index in [0.29, 0.717) is 0 Å². The Bertz CT molecular complexity index is 1070. The van der Waals surface area contributed by atoms with Gasteiger partial charge in [-0.25, -0.2) is 0 Å². The van der Waals surface area contributed by atoms with E-state index >= 15 is 0 Å². The fourth-order valence-electron chi connectivity index (χ4n) is 6.60. The van der Waals surface area contributed by atoms with E-state index < -0.39 is 0 Å². The fraction of sp³-hybridized carbons (Fsp3) is 0.692. The monoisotopic (exact) mass is 533 g/mol. The van der Waals surface area contributed by atoms with Crippen LogP contribution in [0.3, 0.4) is 0 Å². The van der Waals surface area contributed by atoms with E-state index in [-0.39, 0.29) is 32.5 Å². The summed E-state index contributed by atoms with van der Waals surface area (Å²) < 4.78 is 0. The maximum Gasteiger partial charge on any atom is -0.0126 e.